The van der Waals surface area contributed by atoms with Crippen LogP contribution in [0.2, 0.25) is 0 Å². The summed E-state index contributed by atoms with van der Waals surface area (Å²) in [5.74, 6) is -0.435. The molecule has 1 fully saturated rings. The Hall–Kier alpha value is -2.50. The minimum Gasteiger partial charge on any atom is -0.450 e. The van der Waals surface area contributed by atoms with Crippen molar-refractivity contribution in [3.63, 3.8) is 0 Å². The van der Waals surface area contributed by atoms with Crippen molar-refractivity contribution in [1.29, 1.82) is 0 Å². The second-order valence-electron chi connectivity index (χ2n) is 4.88. The van der Waals surface area contributed by atoms with Gasteiger partial charge in [0.2, 0.25) is 0 Å². The summed E-state index contributed by atoms with van der Waals surface area (Å²) in [5.41, 5.74) is 1.27. The smallest absolute Gasteiger partial charge is 0.407 e. The van der Waals surface area contributed by atoms with Crippen LogP contribution in [0.15, 0.2) is 36.0 Å². The normalized spacial score (nSPS) is 18.7. The van der Waals surface area contributed by atoms with Crippen molar-refractivity contribution in [1.82, 2.24) is 10.6 Å². The topological polar surface area (TPSA) is 76.7 Å². The molecule has 0 aromatic heterocycles. The van der Waals surface area contributed by atoms with Crippen molar-refractivity contribution in [2.45, 2.75) is 26.0 Å². The number of carbonyl (C=O) groups excluding carboxylic acids is 2. The van der Waals surface area contributed by atoms with Gasteiger partial charge in [-0.05, 0) is 18.1 Å². The number of hydrogen-bond donors (Lipinski definition) is 2. The van der Waals surface area contributed by atoms with E-state index in [2.05, 4.69) is 10.6 Å². The summed E-state index contributed by atoms with van der Waals surface area (Å²) < 4.78 is 10.1. The molecule has 2 rings (SSSR count). The second kappa shape index (κ2) is 8.07. The van der Waals surface area contributed by atoms with Crippen LogP contribution < -0.4 is 10.6 Å². The van der Waals surface area contributed by atoms with Crippen molar-refractivity contribution in [3.05, 3.63) is 41.6 Å². The van der Waals surface area contributed by atoms with E-state index in [-0.39, 0.29) is 6.54 Å². The zero-order valence-electron chi connectivity index (χ0n) is 12.5. The van der Waals surface area contributed by atoms with Gasteiger partial charge in [0.25, 0.3) is 0 Å². The number of amides is 1. The zero-order chi connectivity index (χ0) is 15.8. The number of carbonyl (C=O) groups is 2. The molecule has 6 nitrogen and oxygen atoms in total. The molecule has 118 valence electrons. The largest absolute Gasteiger partial charge is 0.450 e. The highest BCUT2D eigenvalue weighted by atomic mass is 16.6. The fraction of sp³-hybridized carbons (Fsp3) is 0.375. The lowest BCUT2D eigenvalue weighted by atomic mass is 10.2. The Morgan fingerprint density at radius 2 is 2.18 bits per heavy atom. The molecule has 1 aromatic carbocycles. The third-order valence-corrected chi connectivity index (χ3v) is 3.06. The van der Waals surface area contributed by atoms with Gasteiger partial charge in [-0.15, -0.1) is 0 Å². The number of nitrogens with one attached hydrogen (secondary N) is 2. The first-order valence-electron chi connectivity index (χ1n) is 7.34. The fourth-order valence-electron chi connectivity index (χ4n) is 1.90. The summed E-state index contributed by atoms with van der Waals surface area (Å²) in [4.78, 5) is 23.2. The molecular formula is C16H20N2O4. The van der Waals surface area contributed by atoms with Crippen LogP contribution in [0.3, 0.4) is 0 Å². The van der Waals surface area contributed by atoms with Gasteiger partial charge in [0, 0.05) is 0 Å². The maximum absolute atomic E-state index is 11.7. The van der Waals surface area contributed by atoms with Crippen molar-refractivity contribution in [2.75, 3.05) is 13.2 Å². The van der Waals surface area contributed by atoms with E-state index in [4.69, 9.17) is 9.47 Å². The second-order valence-corrected chi connectivity index (χ2v) is 4.88. The minimum absolute atomic E-state index is 0.156. The highest BCUT2D eigenvalue weighted by Crippen LogP contribution is 2.12. The van der Waals surface area contributed by atoms with E-state index in [0.29, 0.717) is 12.3 Å². The van der Waals surface area contributed by atoms with Crippen LogP contribution in [-0.2, 0) is 14.3 Å². The molecule has 1 unspecified atom stereocenters. The van der Waals surface area contributed by atoms with Crippen molar-refractivity contribution in [2.24, 2.45) is 0 Å². The molecule has 1 atom stereocenters. The first-order valence-corrected chi connectivity index (χ1v) is 7.34. The molecule has 2 N–H and O–H groups in total. The maximum atomic E-state index is 11.7. The molecule has 1 aromatic rings. The highest BCUT2D eigenvalue weighted by Gasteiger charge is 2.28. The molecule has 6 heteroatoms. The monoisotopic (exact) mass is 304 g/mol. The molecule has 0 aliphatic carbocycles. The summed E-state index contributed by atoms with van der Waals surface area (Å²) >= 11 is 0. The van der Waals surface area contributed by atoms with Crippen LogP contribution >= 0.6 is 0 Å². The number of rotatable bonds is 6. The average Bonchev–Trinajstić information content (AvgIpc) is 2.87. The Bertz CT molecular complexity index is 542. The molecule has 0 radical (unpaired) electrons. The molecule has 0 bridgehead atoms. The van der Waals surface area contributed by atoms with Crippen LogP contribution in [0.4, 0.5) is 4.79 Å². The number of alkyl carbamates (subject to hydrolysis) is 1. The molecule has 1 amide bonds. The maximum Gasteiger partial charge on any atom is 0.407 e. The first kappa shape index (κ1) is 15.9. The Morgan fingerprint density at radius 3 is 2.91 bits per heavy atom. The number of ether oxygens (including phenoxy) is 2. The zero-order valence-corrected chi connectivity index (χ0v) is 12.5. The Morgan fingerprint density at radius 1 is 1.41 bits per heavy atom. The highest BCUT2D eigenvalue weighted by molar-refractivity contribution is 5.94. The standard InChI is InChI=1S/C16H20N2O4/c1-2-3-9-21-16(20)17-11-14-18-13(15(19)22-14)10-12-7-5-4-6-8-12/h4-8,10,14,18H,2-3,9,11H2,1H3,(H,17,20)/b13-10+. The molecule has 22 heavy (non-hydrogen) atoms. The van der Waals surface area contributed by atoms with Crippen molar-refractivity contribution < 1.29 is 19.1 Å². The van der Waals surface area contributed by atoms with E-state index in [1.54, 1.807) is 6.08 Å². The van der Waals surface area contributed by atoms with Crippen LogP contribution in [-0.4, -0.2) is 31.4 Å². The van der Waals surface area contributed by atoms with Crippen LogP contribution in [0, 0.1) is 0 Å². The van der Waals surface area contributed by atoms with Crippen LogP contribution in [0.1, 0.15) is 25.3 Å². The average molecular weight is 304 g/mol. The summed E-state index contributed by atoms with van der Waals surface area (Å²) in [6.45, 7) is 2.56. The van der Waals surface area contributed by atoms with E-state index in [0.717, 1.165) is 18.4 Å². The Kier molecular flexibility index (Phi) is 5.82. The van der Waals surface area contributed by atoms with Gasteiger partial charge in [0.15, 0.2) is 6.23 Å². The number of benzene rings is 1. The van der Waals surface area contributed by atoms with E-state index >= 15 is 0 Å². The number of hydrogen-bond acceptors (Lipinski definition) is 5. The molecule has 0 spiro atoms. The number of unbranched alkanes of at least 4 members (excludes halogenated alkanes) is 1. The Balaban J connectivity index is 1.80. The summed E-state index contributed by atoms with van der Waals surface area (Å²) in [6, 6.07) is 9.45. The summed E-state index contributed by atoms with van der Waals surface area (Å²) in [6.07, 6.45) is 2.41. The predicted octanol–water partition coefficient (Wildman–Crippen LogP) is 2.03. The van der Waals surface area contributed by atoms with Gasteiger partial charge >= 0.3 is 12.1 Å². The van der Waals surface area contributed by atoms with E-state index in [1.807, 2.05) is 37.3 Å². The van der Waals surface area contributed by atoms with Crippen molar-refractivity contribution >= 4 is 18.1 Å². The molecular weight excluding hydrogens is 284 g/mol. The van der Waals surface area contributed by atoms with E-state index < -0.39 is 18.3 Å². The Labute approximate surface area is 129 Å². The molecule has 0 saturated carbocycles. The molecule has 1 heterocycles. The fourth-order valence-corrected chi connectivity index (χ4v) is 1.90. The van der Waals surface area contributed by atoms with Gasteiger partial charge in [-0.3, -0.25) is 0 Å². The third-order valence-electron chi connectivity index (χ3n) is 3.06. The van der Waals surface area contributed by atoms with Gasteiger partial charge in [0.1, 0.15) is 5.70 Å². The lowest BCUT2D eigenvalue weighted by Gasteiger charge is -2.11. The van der Waals surface area contributed by atoms with Gasteiger partial charge < -0.3 is 20.1 Å². The van der Waals surface area contributed by atoms with Crippen molar-refractivity contribution in [3.8, 4) is 0 Å². The van der Waals surface area contributed by atoms with Gasteiger partial charge in [-0.25, -0.2) is 9.59 Å². The van der Waals surface area contributed by atoms with Crippen LogP contribution in [0.25, 0.3) is 6.08 Å². The van der Waals surface area contributed by atoms with Crippen LogP contribution in [0.5, 0.6) is 0 Å². The number of esters is 1. The molecule has 1 aliphatic heterocycles. The quantitative estimate of drug-likeness (QED) is 0.478. The predicted molar refractivity (Wildman–Crippen MR) is 81.7 cm³/mol. The minimum atomic E-state index is -0.582. The first-order chi connectivity index (χ1) is 10.7. The van der Waals surface area contributed by atoms with Gasteiger partial charge in [-0.1, -0.05) is 43.7 Å². The lowest BCUT2D eigenvalue weighted by Crippen LogP contribution is -2.38. The van der Waals surface area contributed by atoms with Gasteiger partial charge in [0.05, 0.1) is 13.2 Å². The van der Waals surface area contributed by atoms with E-state index in [9.17, 15) is 9.59 Å². The summed E-state index contributed by atoms with van der Waals surface area (Å²) in [7, 11) is 0. The van der Waals surface area contributed by atoms with Gasteiger partial charge in [-0.2, -0.15) is 0 Å². The third kappa shape index (κ3) is 4.80. The summed E-state index contributed by atoms with van der Waals surface area (Å²) in [5, 5.41) is 5.49. The van der Waals surface area contributed by atoms with E-state index in [1.165, 1.54) is 0 Å². The lowest BCUT2D eigenvalue weighted by molar-refractivity contribution is -0.138. The number of cyclic esters (lactones) is 1. The molecule has 1 aliphatic rings. The molecule has 1 saturated heterocycles. The SMILES string of the molecule is CCCCOC(=O)NCC1N/C(=C/c2ccccc2)C(=O)O1.